The van der Waals surface area contributed by atoms with Gasteiger partial charge in [-0.15, -0.1) is 0 Å². The van der Waals surface area contributed by atoms with Crippen LogP contribution in [0, 0.1) is 11.7 Å². The number of benzene rings is 1. The molecule has 1 fully saturated rings. The molecule has 2 aromatic rings. The second kappa shape index (κ2) is 6.77. The van der Waals surface area contributed by atoms with Gasteiger partial charge in [-0.2, -0.15) is 5.10 Å². The molecule has 7 nitrogen and oxygen atoms in total. The number of aromatic nitrogens is 3. The zero-order chi connectivity index (χ0) is 17.1. The van der Waals surface area contributed by atoms with Gasteiger partial charge in [0.25, 0.3) is 5.91 Å². The smallest absolute Gasteiger partial charge is 0.306 e. The molecule has 1 amide bonds. The van der Waals surface area contributed by atoms with E-state index in [0.29, 0.717) is 25.7 Å². The van der Waals surface area contributed by atoms with E-state index >= 15 is 0 Å². The summed E-state index contributed by atoms with van der Waals surface area (Å²) in [6.07, 6.45) is 4.98. The summed E-state index contributed by atoms with van der Waals surface area (Å²) in [6.45, 7) is 0. The van der Waals surface area contributed by atoms with E-state index in [1.54, 1.807) is 0 Å². The Morgan fingerprint density at radius 2 is 2.00 bits per heavy atom. The van der Waals surface area contributed by atoms with Crippen LogP contribution in [0.25, 0.3) is 5.69 Å². The zero-order valence-electron chi connectivity index (χ0n) is 12.9. The van der Waals surface area contributed by atoms with E-state index in [0.717, 1.165) is 6.07 Å². The average molecular weight is 332 g/mol. The number of hydrogen-bond acceptors (Lipinski definition) is 4. The van der Waals surface area contributed by atoms with Gasteiger partial charge in [-0.05, 0) is 43.9 Å². The van der Waals surface area contributed by atoms with E-state index in [1.807, 2.05) is 0 Å². The minimum atomic E-state index is -0.787. The van der Waals surface area contributed by atoms with Crippen LogP contribution in [0.1, 0.15) is 36.0 Å². The fraction of sp³-hybridized carbons (Fsp3) is 0.375. The Labute approximate surface area is 137 Å². The first-order chi connectivity index (χ1) is 11.5. The number of nitrogens with zero attached hydrogens (tertiary/aromatic N) is 3. The Morgan fingerprint density at radius 1 is 1.25 bits per heavy atom. The molecule has 0 saturated heterocycles. The number of carbonyl (C=O) groups is 2. The summed E-state index contributed by atoms with van der Waals surface area (Å²) in [7, 11) is 0. The Kier molecular flexibility index (Phi) is 4.54. The molecule has 0 atom stereocenters. The van der Waals surface area contributed by atoms with Gasteiger partial charge in [0.2, 0.25) is 0 Å². The van der Waals surface area contributed by atoms with Crippen LogP contribution in [0.3, 0.4) is 0 Å². The molecule has 1 aliphatic carbocycles. The van der Waals surface area contributed by atoms with Gasteiger partial charge in [0, 0.05) is 11.6 Å². The molecule has 0 spiro atoms. The van der Waals surface area contributed by atoms with Crippen molar-refractivity contribution in [1.82, 2.24) is 20.1 Å². The monoisotopic (exact) mass is 332 g/mol. The fourth-order valence-electron chi connectivity index (χ4n) is 2.92. The number of carbonyl (C=O) groups excluding carboxylic acids is 1. The molecule has 0 unspecified atom stereocenters. The van der Waals surface area contributed by atoms with Crippen LogP contribution in [0.4, 0.5) is 4.39 Å². The summed E-state index contributed by atoms with van der Waals surface area (Å²) in [4.78, 5) is 26.9. The molecular weight excluding hydrogens is 315 g/mol. The Balaban J connectivity index is 1.64. The van der Waals surface area contributed by atoms with Crippen LogP contribution in [-0.2, 0) is 4.79 Å². The van der Waals surface area contributed by atoms with E-state index in [9.17, 15) is 14.0 Å². The maximum absolute atomic E-state index is 14.2. The first-order valence-corrected chi connectivity index (χ1v) is 7.73. The molecule has 2 N–H and O–H groups in total. The summed E-state index contributed by atoms with van der Waals surface area (Å²) >= 11 is 0. The predicted octanol–water partition coefficient (Wildman–Crippen LogP) is 1.78. The number of nitrogens with one attached hydrogen (secondary N) is 1. The SMILES string of the molecule is O=C(NC1CCC(C(=O)O)CC1)c1ccc(-n2cncn2)c(F)c1. The average Bonchev–Trinajstić information content (AvgIpc) is 3.09. The quantitative estimate of drug-likeness (QED) is 0.889. The number of halogens is 1. The Hall–Kier alpha value is -2.77. The van der Waals surface area contributed by atoms with Gasteiger partial charge in [0.1, 0.15) is 24.2 Å². The lowest BCUT2D eigenvalue weighted by atomic mass is 9.86. The van der Waals surface area contributed by atoms with E-state index in [-0.39, 0.29) is 29.1 Å². The first-order valence-electron chi connectivity index (χ1n) is 7.73. The number of carboxylic acid groups (broad SMARTS) is 1. The maximum Gasteiger partial charge on any atom is 0.306 e. The maximum atomic E-state index is 14.2. The molecule has 1 aromatic heterocycles. The molecule has 8 heteroatoms. The minimum Gasteiger partial charge on any atom is -0.481 e. The van der Waals surface area contributed by atoms with Crippen molar-refractivity contribution in [3.8, 4) is 5.69 Å². The number of carboxylic acids is 1. The summed E-state index contributed by atoms with van der Waals surface area (Å²) < 4.78 is 15.4. The summed E-state index contributed by atoms with van der Waals surface area (Å²) in [5, 5.41) is 15.7. The third-order valence-electron chi connectivity index (χ3n) is 4.29. The third kappa shape index (κ3) is 3.42. The van der Waals surface area contributed by atoms with Crippen LogP contribution < -0.4 is 5.32 Å². The van der Waals surface area contributed by atoms with Crippen LogP contribution in [0.15, 0.2) is 30.9 Å². The largest absolute Gasteiger partial charge is 0.481 e. The van der Waals surface area contributed by atoms with Crippen molar-refractivity contribution in [2.45, 2.75) is 31.7 Å². The predicted molar refractivity (Wildman–Crippen MR) is 82.2 cm³/mol. The van der Waals surface area contributed by atoms with Gasteiger partial charge in [-0.3, -0.25) is 9.59 Å². The molecule has 1 saturated carbocycles. The summed E-state index contributed by atoms with van der Waals surface area (Å²) in [5.74, 6) is -2.05. The highest BCUT2D eigenvalue weighted by molar-refractivity contribution is 5.94. The molecule has 0 bridgehead atoms. The van der Waals surface area contributed by atoms with Crippen LogP contribution in [-0.4, -0.2) is 37.8 Å². The van der Waals surface area contributed by atoms with Gasteiger partial charge in [-0.25, -0.2) is 14.1 Å². The molecule has 1 heterocycles. The lowest BCUT2D eigenvalue weighted by molar-refractivity contribution is -0.142. The lowest BCUT2D eigenvalue weighted by Crippen LogP contribution is -2.38. The highest BCUT2D eigenvalue weighted by Crippen LogP contribution is 2.24. The molecular formula is C16H17FN4O3. The van der Waals surface area contributed by atoms with Gasteiger partial charge >= 0.3 is 5.97 Å². The van der Waals surface area contributed by atoms with Crippen molar-refractivity contribution < 1.29 is 19.1 Å². The van der Waals surface area contributed by atoms with Crippen molar-refractivity contribution in [3.63, 3.8) is 0 Å². The summed E-state index contributed by atoms with van der Waals surface area (Å²) in [5.41, 5.74) is 0.433. The van der Waals surface area contributed by atoms with E-state index in [2.05, 4.69) is 15.4 Å². The van der Waals surface area contributed by atoms with Crippen molar-refractivity contribution in [2.75, 3.05) is 0 Å². The Bertz CT molecular complexity index is 740. The van der Waals surface area contributed by atoms with Crippen molar-refractivity contribution in [3.05, 3.63) is 42.2 Å². The molecule has 126 valence electrons. The number of hydrogen-bond donors (Lipinski definition) is 2. The highest BCUT2D eigenvalue weighted by Gasteiger charge is 2.27. The number of rotatable bonds is 4. The Morgan fingerprint density at radius 3 is 2.58 bits per heavy atom. The zero-order valence-corrected chi connectivity index (χ0v) is 12.9. The van der Waals surface area contributed by atoms with Crippen molar-refractivity contribution in [1.29, 1.82) is 0 Å². The van der Waals surface area contributed by atoms with E-state index < -0.39 is 11.8 Å². The minimum absolute atomic E-state index is 0.0776. The molecule has 1 aliphatic rings. The molecule has 0 radical (unpaired) electrons. The van der Waals surface area contributed by atoms with Crippen LogP contribution in [0.2, 0.25) is 0 Å². The van der Waals surface area contributed by atoms with Crippen LogP contribution >= 0.6 is 0 Å². The van der Waals surface area contributed by atoms with Crippen LogP contribution in [0.5, 0.6) is 0 Å². The van der Waals surface area contributed by atoms with Gasteiger partial charge in [-0.1, -0.05) is 0 Å². The molecule has 1 aromatic carbocycles. The highest BCUT2D eigenvalue weighted by atomic mass is 19.1. The second-order valence-corrected chi connectivity index (χ2v) is 5.87. The third-order valence-corrected chi connectivity index (χ3v) is 4.29. The lowest BCUT2D eigenvalue weighted by Gasteiger charge is -2.26. The molecule has 24 heavy (non-hydrogen) atoms. The number of aliphatic carboxylic acids is 1. The standard InChI is InChI=1S/C16H17FN4O3/c17-13-7-11(3-6-14(13)21-9-18-8-19-21)15(22)20-12-4-1-10(2-5-12)16(23)24/h3,6-10,12H,1-2,4-5H2,(H,20,22)(H,23,24). The second-order valence-electron chi connectivity index (χ2n) is 5.87. The molecule has 0 aliphatic heterocycles. The van der Waals surface area contributed by atoms with Crippen molar-refractivity contribution >= 4 is 11.9 Å². The normalized spacial score (nSPS) is 20.5. The van der Waals surface area contributed by atoms with Crippen molar-refractivity contribution in [2.24, 2.45) is 5.92 Å². The first kappa shape index (κ1) is 16.1. The van der Waals surface area contributed by atoms with Gasteiger partial charge < -0.3 is 10.4 Å². The van der Waals surface area contributed by atoms with Gasteiger partial charge in [0.05, 0.1) is 5.92 Å². The van der Waals surface area contributed by atoms with E-state index in [1.165, 1.54) is 29.5 Å². The fourth-order valence-corrected chi connectivity index (χ4v) is 2.92. The van der Waals surface area contributed by atoms with E-state index in [4.69, 9.17) is 5.11 Å². The molecule has 3 rings (SSSR count). The van der Waals surface area contributed by atoms with Gasteiger partial charge in [0.15, 0.2) is 0 Å². The topological polar surface area (TPSA) is 97.1 Å². The number of amides is 1. The summed E-state index contributed by atoms with van der Waals surface area (Å²) in [6, 6.07) is 4.08.